The number of aromatic hydroxyl groups is 1. The number of para-hydroxylation sites is 1. The molecule has 0 aliphatic carbocycles. The molecule has 0 saturated heterocycles. The highest BCUT2D eigenvalue weighted by Gasteiger charge is 2.24. The Morgan fingerprint density at radius 2 is 1.63 bits per heavy atom. The summed E-state index contributed by atoms with van der Waals surface area (Å²) in [5, 5.41) is 22.7. The van der Waals surface area contributed by atoms with Crippen molar-refractivity contribution in [2.75, 3.05) is 6.61 Å². The highest BCUT2D eigenvalue weighted by atomic mass is 16.3. The summed E-state index contributed by atoms with van der Waals surface area (Å²) in [7, 11) is 0. The van der Waals surface area contributed by atoms with Gasteiger partial charge in [-0.1, -0.05) is 48.5 Å². The van der Waals surface area contributed by atoms with Crippen LogP contribution in [0.3, 0.4) is 0 Å². The number of phenolic OH excluding ortho intramolecular Hbond substituents is 1. The predicted molar refractivity (Wildman–Crippen MR) is 75.8 cm³/mol. The van der Waals surface area contributed by atoms with Gasteiger partial charge in [0.2, 0.25) is 0 Å². The minimum Gasteiger partial charge on any atom is -0.508 e. The van der Waals surface area contributed by atoms with Crippen molar-refractivity contribution in [3.05, 3.63) is 65.7 Å². The number of aliphatic hydroxyl groups is 1. The van der Waals surface area contributed by atoms with Crippen molar-refractivity contribution < 1.29 is 10.2 Å². The Balaban J connectivity index is 2.14. The number of hydrogen-bond donors (Lipinski definition) is 3. The Kier molecular flexibility index (Phi) is 4.20. The van der Waals surface area contributed by atoms with Crippen LogP contribution in [0.1, 0.15) is 18.1 Å². The van der Waals surface area contributed by atoms with Gasteiger partial charge in [0.15, 0.2) is 0 Å². The fourth-order valence-electron chi connectivity index (χ4n) is 2.01. The second-order valence-electron chi connectivity index (χ2n) is 4.84. The van der Waals surface area contributed by atoms with Gasteiger partial charge in [-0.15, -0.1) is 0 Å². The Labute approximate surface area is 113 Å². The lowest BCUT2D eigenvalue weighted by atomic mass is 9.92. The highest BCUT2D eigenvalue weighted by molar-refractivity contribution is 5.32. The Bertz CT molecular complexity index is 527. The van der Waals surface area contributed by atoms with Crippen molar-refractivity contribution in [3.63, 3.8) is 0 Å². The lowest BCUT2D eigenvalue weighted by Gasteiger charge is -2.29. The maximum absolute atomic E-state index is 9.75. The predicted octanol–water partition coefficient (Wildman–Crippen LogP) is 2.39. The fourth-order valence-corrected chi connectivity index (χ4v) is 2.01. The molecule has 0 heterocycles. The molecule has 0 saturated carbocycles. The third kappa shape index (κ3) is 3.13. The number of nitrogens with one attached hydrogen (secondary N) is 1. The van der Waals surface area contributed by atoms with E-state index in [9.17, 15) is 10.2 Å². The first kappa shape index (κ1) is 13.6. The van der Waals surface area contributed by atoms with Gasteiger partial charge in [0.1, 0.15) is 5.75 Å². The van der Waals surface area contributed by atoms with Crippen molar-refractivity contribution in [2.24, 2.45) is 0 Å². The zero-order chi connectivity index (χ0) is 13.7. The fraction of sp³-hybridized carbons (Fsp3) is 0.250. The Morgan fingerprint density at radius 1 is 1.00 bits per heavy atom. The molecule has 0 spiro atoms. The smallest absolute Gasteiger partial charge is 0.120 e. The van der Waals surface area contributed by atoms with E-state index in [-0.39, 0.29) is 12.4 Å². The van der Waals surface area contributed by atoms with E-state index in [1.807, 2.05) is 49.4 Å². The molecule has 3 nitrogen and oxygen atoms in total. The summed E-state index contributed by atoms with van der Waals surface area (Å²) >= 11 is 0. The van der Waals surface area contributed by atoms with Gasteiger partial charge in [-0.2, -0.15) is 0 Å². The SMILES string of the molecule is CC(CO)(NCc1ccccc1O)c1ccccc1. The summed E-state index contributed by atoms with van der Waals surface area (Å²) in [6.45, 7) is 2.44. The molecule has 2 aromatic carbocycles. The quantitative estimate of drug-likeness (QED) is 0.771. The number of benzene rings is 2. The van der Waals surface area contributed by atoms with Crippen LogP contribution in [0.4, 0.5) is 0 Å². The van der Waals surface area contributed by atoms with Crippen LogP contribution in [-0.4, -0.2) is 16.8 Å². The maximum Gasteiger partial charge on any atom is 0.120 e. The van der Waals surface area contributed by atoms with E-state index in [1.54, 1.807) is 12.1 Å². The molecule has 19 heavy (non-hydrogen) atoms. The molecule has 0 bridgehead atoms. The number of rotatable bonds is 5. The summed E-state index contributed by atoms with van der Waals surface area (Å²) in [6.07, 6.45) is 0. The molecule has 0 aliphatic heterocycles. The monoisotopic (exact) mass is 257 g/mol. The largest absolute Gasteiger partial charge is 0.508 e. The van der Waals surface area contributed by atoms with Crippen molar-refractivity contribution in [2.45, 2.75) is 19.0 Å². The molecule has 3 heteroatoms. The van der Waals surface area contributed by atoms with E-state index in [0.717, 1.165) is 11.1 Å². The third-order valence-electron chi connectivity index (χ3n) is 3.39. The zero-order valence-electron chi connectivity index (χ0n) is 11.0. The lowest BCUT2D eigenvalue weighted by Crippen LogP contribution is -2.42. The number of hydrogen-bond acceptors (Lipinski definition) is 3. The first-order valence-electron chi connectivity index (χ1n) is 6.34. The van der Waals surface area contributed by atoms with Crippen LogP contribution < -0.4 is 5.32 Å². The van der Waals surface area contributed by atoms with Crippen LogP contribution in [0, 0.1) is 0 Å². The lowest BCUT2D eigenvalue weighted by molar-refractivity contribution is 0.173. The molecule has 0 amide bonds. The molecule has 1 unspecified atom stereocenters. The average Bonchev–Trinajstić information content (AvgIpc) is 2.47. The topological polar surface area (TPSA) is 52.5 Å². The molecule has 100 valence electrons. The highest BCUT2D eigenvalue weighted by Crippen LogP contribution is 2.22. The zero-order valence-corrected chi connectivity index (χ0v) is 11.0. The number of phenols is 1. The molecule has 0 aromatic heterocycles. The van der Waals surface area contributed by atoms with Crippen molar-refractivity contribution >= 4 is 0 Å². The van der Waals surface area contributed by atoms with E-state index in [1.165, 1.54) is 0 Å². The summed E-state index contributed by atoms with van der Waals surface area (Å²) in [5.41, 5.74) is 1.31. The summed E-state index contributed by atoms with van der Waals surface area (Å²) in [4.78, 5) is 0. The van der Waals surface area contributed by atoms with Crippen LogP contribution in [0.2, 0.25) is 0 Å². The molecule has 0 fully saturated rings. The van der Waals surface area contributed by atoms with Crippen molar-refractivity contribution in [1.82, 2.24) is 5.32 Å². The van der Waals surface area contributed by atoms with E-state index in [2.05, 4.69) is 5.32 Å². The Hall–Kier alpha value is -1.84. The van der Waals surface area contributed by atoms with Crippen LogP contribution in [0.15, 0.2) is 54.6 Å². The molecule has 2 aromatic rings. The van der Waals surface area contributed by atoms with E-state index < -0.39 is 5.54 Å². The minimum atomic E-state index is -0.524. The van der Waals surface area contributed by atoms with Crippen molar-refractivity contribution in [1.29, 1.82) is 0 Å². The first-order chi connectivity index (χ1) is 9.15. The van der Waals surface area contributed by atoms with E-state index >= 15 is 0 Å². The van der Waals surface area contributed by atoms with Gasteiger partial charge in [0.05, 0.1) is 12.1 Å². The summed E-state index contributed by atoms with van der Waals surface area (Å²) in [6, 6.07) is 17.0. The average molecular weight is 257 g/mol. The van der Waals surface area contributed by atoms with Gasteiger partial charge in [-0.3, -0.25) is 0 Å². The van der Waals surface area contributed by atoms with Gasteiger partial charge in [0, 0.05) is 12.1 Å². The summed E-state index contributed by atoms with van der Waals surface area (Å²) in [5.74, 6) is 0.267. The van der Waals surface area contributed by atoms with Crippen LogP contribution >= 0.6 is 0 Å². The van der Waals surface area contributed by atoms with Gasteiger partial charge in [-0.05, 0) is 18.6 Å². The molecule has 2 rings (SSSR count). The van der Waals surface area contributed by atoms with Gasteiger partial charge >= 0.3 is 0 Å². The normalized spacial score (nSPS) is 14.0. The molecule has 3 N–H and O–H groups in total. The molecule has 0 aliphatic rings. The van der Waals surface area contributed by atoms with Crippen LogP contribution in [-0.2, 0) is 12.1 Å². The van der Waals surface area contributed by atoms with Gasteiger partial charge in [0.25, 0.3) is 0 Å². The minimum absolute atomic E-state index is 0.00932. The first-order valence-corrected chi connectivity index (χ1v) is 6.34. The van der Waals surface area contributed by atoms with Crippen LogP contribution in [0.25, 0.3) is 0 Å². The third-order valence-corrected chi connectivity index (χ3v) is 3.39. The molecule has 1 atom stereocenters. The second kappa shape index (κ2) is 5.87. The Morgan fingerprint density at radius 3 is 2.26 bits per heavy atom. The molecule has 0 radical (unpaired) electrons. The molecular weight excluding hydrogens is 238 g/mol. The number of aliphatic hydroxyl groups excluding tert-OH is 1. The van der Waals surface area contributed by atoms with Crippen molar-refractivity contribution in [3.8, 4) is 5.75 Å². The van der Waals surface area contributed by atoms with E-state index in [0.29, 0.717) is 6.54 Å². The van der Waals surface area contributed by atoms with Crippen LogP contribution in [0.5, 0.6) is 5.75 Å². The molecular formula is C16H19NO2. The van der Waals surface area contributed by atoms with Gasteiger partial charge in [-0.25, -0.2) is 0 Å². The second-order valence-corrected chi connectivity index (χ2v) is 4.84. The standard InChI is InChI=1S/C16H19NO2/c1-16(12-18,14-8-3-2-4-9-14)17-11-13-7-5-6-10-15(13)19/h2-10,17-19H,11-12H2,1H3. The maximum atomic E-state index is 9.75. The van der Waals surface area contributed by atoms with Gasteiger partial charge < -0.3 is 15.5 Å². The summed E-state index contributed by atoms with van der Waals surface area (Å²) < 4.78 is 0. The van der Waals surface area contributed by atoms with E-state index in [4.69, 9.17) is 0 Å².